The first-order valence-electron chi connectivity index (χ1n) is 7.12. The van der Waals surface area contributed by atoms with E-state index in [9.17, 15) is 13.6 Å². The number of hydrazine groups is 1. The third kappa shape index (κ3) is 4.13. The van der Waals surface area contributed by atoms with Gasteiger partial charge in [-0.25, -0.2) is 5.43 Å². The Hall–Kier alpha value is -2.36. The Morgan fingerprint density at radius 1 is 1.33 bits per heavy atom. The van der Waals surface area contributed by atoms with E-state index in [-0.39, 0.29) is 6.67 Å². The first kappa shape index (κ1) is 18.0. The Morgan fingerprint density at radius 2 is 2.12 bits per heavy atom. The lowest BCUT2D eigenvalue weighted by molar-refractivity contribution is -0.148. The highest BCUT2D eigenvalue weighted by Crippen LogP contribution is 2.31. The molecule has 2 aromatic rings. The van der Waals surface area contributed by atoms with E-state index >= 15 is 0 Å². The average Bonchev–Trinajstić information content (AvgIpc) is 2.59. The zero-order valence-corrected chi connectivity index (χ0v) is 13.0. The van der Waals surface area contributed by atoms with E-state index in [1.165, 1.54) is 18.3 Å². The summed E-state index contributed by atoms with van der Waals surface area (Å²) < 4.78 is 38.6. The number of carbonyl (C=O) groups is 1. The first-order chi connectivity index (χ1) is 11.5. The Kier molecular flexibility index (Phi) is 5.96. The van der Waals surface area contributed by atoms with Gasteiger partial charge in [-0.1, -0.05) is 6.07 Å². The van der Waals surface area contributed by atoms with Crippen molar-refractivity contribution in [1.29, 1.82) is 0 Å². The van der Waals surface area contributed by atoms with Gasteiger partial charge in [0.1, 0.15) is 12.4 Å². The highest BCUT2D eigenvalue weighted by atomic mass is 19.3. The van der Waals surface area contributed by atoms with Crippen LogP contribution in [0.3, 0.4) is 0 Å². The number of nitrogens with one attached hydrogen (secondary N) is 2. The van der Waals surface area contributed by atoms with E-state index in [2.05, 4.69) is 10.4 Å². The maximum Gasteiger partial charge on any atom is 0.351 e. The topological polar surface area (TPSA) is 98.5 Å². The molecule has 0 bridgehead atoms. The van der Waals surface area contributed by atoms with Crippen molar-refractivity contribution >= 4 is 16.8 Å². The molecule has 0 radical (unpaired) electrons. The van der Waals surface area contributed by atoms with Crippen molar-refractivity contribution in [2.75, 3.05) is 27.0 Å². The van der Waals surface area contributed by atoms with Gasteiger partial charge in [0.05, 0.1) is 25.0 Å². The van der Waals surface area contributed by atoms with Crippen molar-refractivity contribution in [3.05, 3.63) is 36.0 Å². The lowest BCUT2D eigenvalue weighted by Gasteiger charge is -2.17. The summed E-state index contributed by atoms with van der Waals surface area (Å²) in [6.45, 7) is 0.544. The Bertz CT molecular complexity index is 712. The number of alkyl halides is 2. The number of fused-ring (bicyclic) bond motifs is 1. The van der Waals surface area contributed by atoms with Gasteiger partial charge < -0.3 is 15.2 Å². The van der Waals surface area contributed by atoms with Gasteiger partial charge in [0.25, 0.3) is 0 Å². The molecule has 0 aliphatic rings. The van der Waals surface area contributed by atoms with E-state index in [4.69, 9.17) is 15.2 Å². The second kappa shape index (κ2) is 7.95. The number of hydrogen-bond acceptors (Lipinski definition) is 6. The number of carbonyl (C=O) groups excluding carboxylic acids is 1. The molecule has 130 valence electrons. The van der Waals surface area contributed by atoms with E-state index in [1.54, 1.807) is 13.2 Å². The predicted octanol–water partition coefficient (Wildman–Crippen LogP) is 0.889. The molecule has 4 N–H and O–H groups in total. The summed E-state index contributed by atoms with van der Waals surface area (Å²) in [5.41, 5.74) is 9.15. The molecule has 0 fully saturated rings. The molecule has 0 aliphatic carbocycles. The number of hydrogen-bond donors (Lipinski definition) is 3. The van der Waals surface area contributed by atoms with Gasteiger partial charge in [0, 0.05) is 18.1 Å². The number of halogens is 2. The fraction of sp³-hybridized carbons (Fsp3) is 0.333. The Labute approximate surface area is 137 Å². The molecule has 1 heterocycles. The van der Waals surface area contributed by atoms with Gasteiger partial charge >= 0.3 is 11.8 Å². The molecule has 24 heavy (non-hydrogen) atoms. The second-order valence-electron chi connectivity index (χ2n) is 4.83. The number of rotatable bonds is 8. The summed E-state index contributed by atoms with van der Waals surface area (Å²) in [5.74, 6) is -4.79. The largest absolute Gasteiger partial charge is 0.490 e. The van der Waals surface area contributed by atoms with Crippen molar-refractivity contribution in [3.8, 4) is 5.75 Å². The van der Waals surface area contributed by atoms with Crippen LogP contribution in [0.4, 0.5) is 8.78 Å². The lowest BCUT2D eigenvalue weighted by atomic mass is 10.0. The van der Waals surface area contributed by atoms with Crippen LogP contribution in [0.25, 0.3) is 10.9 Å². The van der Waals surface area contributed by atoms with Gasteiger partial charge in [0.15, 0.2) is 0 Å². The van der Waals surface area contributed by atoms with Crippen LogP contribution in [-0.4, -0.2) is 37.9 Å². The number of benzene rings is 1. The van der Waals surface area contributed by atoms with Crippen LogP contribution in [0.15, 0.2) is 30.5 Å². The van der Waals surface area contributed by atoms with Gasteiger partial charge in [-0.3, -0.25) is 15.2 Å². The molecule has 1 aromatic heterocycles. The van der Waals surface area contributed by atoms with Crippen LogP contribution in [0.5, 0.6) is 5.75 Å². The van der Waals surface area contributed by atoms with E-state index in [0.717, 1.165) is 6.07 Å². The minimum Gasteiger partial charge on any atom is -0.490 e. The standard InChI is InChI=1S/C15H18F2N4O3/c1-23-4-5-24-12-7-10-6-11(2-3-13(10)19-8-12)15(16,17)14(22)21-20-9-18/h2-3,6-8,20H,4-5,9,18H2,1H3,(H,21,22). The minimum absolute atomic E-state index is 0.161. The summed E-state index contributed by atoms with van der Waals surface area (Å²) in [6, 6.07) is 5.35. The zero-order valence-electron chi connectivity index (χ0n) is 13.0. The number of methoxy groups -OCH3 is 1. The lowest BCUT2D eigenvalue weighted by Crippen LogP contribution is -2.47. The summed E-state index contributed by atoms with van der Waals surface area (Å²) in [6.07, 6.45) is 1.49. The molecule has 2 rings (SSSR count). The minimum atomic E-state index is -3.72. The van der Waals surface area contributed by atoms with E-state index < -0.39 is 17.4 Å². The highest BCUT2D eigenvalue weighted by molar-refractivity contribution is 5.87. The predicted molar refractivity (Wildman–Crippen MR) is 83.3 cm³/mol. The van der Waals surface area contributed by atoms with Crippen LogP contribution >= 0.6 is 0 Å². The van der Waals surface area contributed by atoms with Crippen molar-refractivity contribution in [1.82, 2.24) is 15.8 Å². The van der Waals surface area contributed by atoms with Gasteiger partial charge in [-0.05, 0) is 18.2 Å². The van der Waals surface area contributed by atoms with Gasteiger partial charge in [0.2, 0.25) is 0 Å². The molecule has 1 aromatic carbocycles. The number of pyridine rings is 1. The third-order valence-corrected chi connectivity index (χ3v) is 3.16. The summed E-state index contributed by atoms with van der Waals surface area (Å²) in [5, 5.41) is 0.432. The van der Waals surface area contributed by atoms with Gasteiger partial charge in [-0.2, -0.15) is 8.78 Å². The molecule has 1 amide bonds. The highest BCUT2D eigenvalue weighted by Gasteiger charge is 2.41. The molecule has 0 saturated heterocycles. The second-order valence-corrected chi connectivity index (χ2v) is 4.83. The molecule has 0 atom stereocenters. The van der Waals surface area contributed by atoms with E-state index in [0.29, 0.717) is 29.9 Å². The number of aromatic nitrogens is 1. The molecule has 0 saturated carbocycles. The Balaban J connectivity index is 2.26. The van der Waals surface area contributed by atoms with Crippen LogP contribution in [-0.2, 0) is 15.5 Å². The fourth-order valence-corrected chi connectivity index (χ4v) is 1.97. The molecule has 0 unspecified atom stereocenters. The summed E-state index contributed by atoms with van der Waals surface area (Å²) in [7, 11) is 1.54. The fourth-order valence-electron chi connectivity index (χ4n) is 1.97. The molecular formula is C15H18F2N4O3. The van der Waals surface area contributed by atoms with Gasteiger partial charge in [-0.15, -0.1) is 0 Å². The average molecular weight is 340 g/mol. The molecule has 0 aliphatic heterocycles. The summed E-state index contributed by atoms with van der Waals surface area (Å²) >= 11 is 0. The van der Waals surface area contributed by atoms with Crippen LogP contribution in [0, 0.1) is 0 Å². The number of nitrogens with zero attached hydrogens (tertiary/aromatic N) is 1. The van der Waals surface area contributed by atoms with Crippen molar-refractivity contribution < 1.29 is 23.0 Å². The normalized spacial score (nSPS) is 11.5. The van der Waals surface area contributed by atoms with Crippen LogP contribution in [0.1, 0.15) is 5.56 Å². The van der Waals surface area contributed by atoms with Crippen molar-refractivity contribution in [2.24, 2.45) is 5.73 Å². The smallest absolute Gasteiger partial charge is 0.351 e. The maximum absolute atomic E-state index is 14.2. The monoisotopic (exact) mass is 340 g/mol. The SMILES string of the molecule is COCCOc1cnc2ccc(C(F)(F)C(=O)NNCN)cc2c1. The molecular weight excluding hydrogens is 322 g/mol. The van der Waals surface area contributed by atoms with Crippen molar-refractivity contribution in [2.45, 2.75) is 5.92 Å². The number of nitrogens with two attached hydrogens (primary N) is 1. The molecule has 9 heteroatoms. The maximum atomic E-state index is 14.2. The quantitative estimate of drug-likeness (QED) is 0.375. The number of ether oxygens (including phenoxy) is 2. The third-order valence-electron chi connectivity index (χ3n) is 3.16. The summed E-state index contributed by atoms with van der Waals surface area (Å²) in [4.78, 5) is 15.7. The van der Waals surface area contributed by atoms with Crippen LogP contribution in [0.2, 0.25) is 0 Å². The van der Waals surface area contributed by atoms with E-state index in [1.807, 2.05) is 5.43 Å². The first-order valence-corrected chi connectivity index (χ1v) is 7.12. The Morgan fingerprint density at radius 3 is 2.83 bits per heavy atom. The number of amides is 1. The van der Waals surface area contributed by atoms with Crippen LogP contribution < -0.4 is 21.3 Å². The molecule has 0 spiro atoms. The molecule has 7 nitrogen and oxygen atoms in total. The zero-order chi connectivity index (χ0) is 17.6. The van der Waals surface area contributed by atoms with Crippen molar-refractivity contribution in [3.63, 3.8) is 0 Å².